The lowest BCUT2D eigenvalue weighted by Crippen LogP contribution is -2.18. The molecule has 0 aromatic heterocycles. The minimum atomic E-state index is -3.80. The molecule has 1 aliphatic rings. The zero-order chi connectivity index (χ0) is 23.8. The van der Waals surface area contributed by atoms with E-state index < -0.39 is 34.5 Å². The van der Waals surface area contributed by atoms with E-state index in [-0.39, 0.29) is 5.75 Å². The van der Waals surface area contributed by atoms with Crippen LogP contribution in [0.25, 0.3) is 11.1 Å². The number of rotatable bonds is 6. The summed E-state index contributed by atoms with van der Waals surface area (Å²) in [5.74, 6) is -0.651. The highest BCUT2D eigenvalue weighted by molar-refractivity contribution is 7.88. The van der Waals surface area contributed by atoms with Crippen LogP contribution in [-0.2, 0) is 20.5 Å². The normalized spacial score (nSPS) is 14.8. The molecule has 2 N–H and O–H groups in total. The number of benzene rings is 3. The van der Waals surface area contributed by atoms with E-state index >= 15 is 0 Å². The molecule has 1 atom stereocenters. The molecule has 7 nitrogen and oxygen atoms in total. The lowest BCUT2D eigenvalue weighted by molar-refractivity contribution is -0.0496. The smallest absolute Gasteiger partial charge is 0.387 e. The van der Waals surface area contributed by atoms with Crippen molar-refractivity contribution in [3.8, 4) is 22.6 Å². The fourth-order valence-electron chi connectivity index (χ4n) is 3.80. The van der Waals surface area contributed by atoms with E-state index in [0.29, 0.717) is 39.1 Å². The number of halogens is 2. The van der Waals surface area contributed by atoms with Crippen molar-refractivity contribution >= 4 is 16.0 Å². The van der Waals surface area contributed by atoms with Gasteiger partial charge < -0.3 is 14.2 Å². The largest absolute Gasteiger partial charge is 0.480 e. The van der Waals surface area contributed by atoms with Crippen LogP contribution in [0.4, 0.5) is 8.78 Å². The van der Waals surface area contributed by atoms with Gasteiger partial charge in [0, 0.05) is 5.56 Å². The van der Waals surface area contributed by atoms with Crippen molar-refractivity contribution in [3.05, 3.63) is 82.9 Å². The fourth-order valence-corrected chi connectivity index (χ4v) is 4.44. The highest BCUT2D eigenvalue weighted by Gasteiger charge is 2.31. The van der Waals surface area contributed by atoms with E-state index in [2.05, 4.69) is 0 Å². The van der Waals surface area contributed by atoms with Gasteiger partial charge in [0.25, 0.3) is 0 Å². The highest BCUT2D eigenvalue weighted by atomic mass is 32.2. The number of esters is 1. The van der Waals surface area contributed by atoms with Gasteiger partial charge in [-0.05, 0) is 41.0 Å². The SMILES string of the molecule is COC(=O)c1ccc(C2Oc3cccc(OC(F)F)c3-c3ccc(CS(N)(=O)=O)cc32)cc1. The Morgan fingerprint density at radius 1 is 1.12 bits per heavy atom. The summed E-state index contributed by atoms with van der Waals surface area (Å²) in [5.41, 5.74) is 2.83. The number of sulfonamides is 1. The van der Waals surface area contributed by atoms with Crippen LogP contribution in [0.15, 0.2) is 60.7 Å². The molecule has 3 aromatic rings. The van der Waals surface area contributed by atoms with E-state index in [9.17, 15) is 22.0 Å². The first kappa shape index (κ1) is 22.7. The van der Waals surface area contributed by atoms with Crippen molar-refractivity contribution in [2.45, 2.75) is 18.5 Å². The zero-order valence-corrected chi connectivity index (χ0v) is 18.1. The molecule has 1 heterocycles. The summed E-state index contributed by atoms with van der Waals surface area (Å²) in [6.45, 7) is -3.04. The third kappa shape index (κ3) is 4.81. The molecule has 1 unspecified atom stereocenters. The molecule has 0 bridgehead atoms. The fraction of sp³-hybridized carbons (Fsp3) is 0.174. The van der Waals surface area contributed by atoms with Gasteiger partial charge in [-0.3, -0.25) is 0 Å². The summed E-state index contributed by atoms with van der Waals surface area (Å²) in [7, 11) is -2.53. The van der Waals surface area contributed by atoms with Gasteiger partial charge in [0.1, 0.15) is 17.6 Å². The Labute approximate surface area is 188 Å². The third-order valence-electron chi connectivity index (χ3n) is 5.12. The van der Waals surface area contributed by atoms with Crippen LogP contribution in [0, 0.1) is 0 Å². The topological polar surface area (TPSA) is 105 Å². The number of carbonyl (C=O) groups is 1. The first-order chi connectivity index (χ1) is 15.7. The summed E-state index contributed by atoms with van der Waals surface area (Å²) in [4.78, 5) is 11.8. The molecule has 1 aliphatic heterocycles. The van der Waals surface area contributed by atoms with Gasteiger partial charge in [-0.15, -0.1) is 0 Å². The molecule has 0 aliphatic carbocycles. The second-order valence-electron chi connectivity index (χ2n) is 7.35. The minimum absolute atomic E-state index is 0.0672. The monoisotopic (exact) mass is 475 g/mol. The first-order valence-electron chi connectivity index (χ1n) is 9.72. The number of hydrogen-bond donors (Lipinski definition) is 1. The maximum absolute atomic E-state index is 13.0. The molecule has 3 aromatic carbocycles. The van der Waals surface area contributed by atoms with E-state index in [1.165, 1.54) is 19.2 Å². The lowest BCUT2D eigenvalue weighted by atomic mass is 9.88. The minimum Gasteiger partial charge on any atom is -0.480 e. The van der Waals surface area contributed by atoms with Crippen LogP contribution in [0.1, 0.15) is 33.2 Å². The third-order valence-corrected chi connectivity index (χ3v) is 5.85. The molecule has 0 saturated heterocycles. The summed E-state index contributed by atoms with van der Waals surface area (Å²) < 4.78 is 64.8. The van der Waals surface area contributed by atoms with Gasteiger partial charge >= 0.3 is 12.6 Å². The number of carbonyl (C=O) groups excluding carboxylic acids is 1. The summed E-state index contributed by atoms with van der Waals surface area (Å²) >= 11 is 0. The Morgan fingerprint density at radius 3 is 2.48 bits per heavy atom. The quantitative estimate of drug-likeness (QED) is 0.540. The maximum atomic E-state index is 13.0. The van der Waals surface area contributed by atoms with Gasteiger partial charge in [-0.1, -0.05) is 36.4 Å². The molecule has 33 heavy (non-hydrogen) atoms. The van der Waals surface area contributed by atoms with Crippen molar-refractivity contribution in [1.82, 2.24) is 0 Å². The first-order valence-corrected chi connectivity index (χ1v) is 11.4. The Kier molecular flexibility index (Phi) is 6.05. The van der Waals surface area contributed by atoms with Crippen LogP contribution >= 0.6 is 0 Å². The molecule has 10 heteroatoms. The summed E-state index contributed by atoms with van der Waals surface area (Å²) in [6.07, 6.45) is -0.707. The van der Waals surface area contributed by atoms with E-state index in [4.69, 9.17) is 19.3 Å². The number of alkyl halides is 2. The van der Waals surface area contributed by atoms with Crippen molar-refractivity contribution in [2.75, 3.05) is 7.11 Å². The molecule has 0 fully saturated rings. The van der Waals surface area contributed by atoms with Crippen molar-refractivity contribution < 1.29 is 36.2 Å². The highest BCUT2D eigenvalue weighted by Crippen LogP contribution is 2.49. The predicted molar refractivity (Wildman–Crippen MR) is 116 cm³/mol. The average molecular weight is 475 g/mol. The van der Waals surface area contributed by atoms with Crippen molar-refractivity contribution in [3.63, 3.8) is 0 Å². The number of fused-ring (bicyclic) bond motifs is 3. The molecule has 4 rings (SSSR count). The van der Waals surface area contributed by atoms with E-state index in [0.717, 1.165) is 0 Å². The van der Waals surface area contributed by atoms with Crippen LogP contribution in [0.2, 0.25) is 0 Å². The summed E-state index contributed by atoms with van der Waals surface area (Å²) in [5, 5.41) is 5.20. The van der Waals surface area contributed by atoms with Gasteiger partial charge in [0.05, 0.1) is 24.0 Å². The molecule has 0 spiro atoms. The maximum Gasteiger partial charge on any atom is 0.387 e. The zero-order valence-electron chi connectivity index (χ0n) is 17.3. The molecule has 172 valence electrons. The second-order valence-corrected chi connectivity index (χ2v) is 8.96. The number of ether oxygens (including phenoxy) is 3. The Morgan fingerprint density at radius 2 is 1.85 bits per heavy atom. The van der Waals surface area contributed by atoms with Gasteiger partial charge in [-0.25, -0.2) is 18.4 Å². The molecule has 0 saturated carbocycles. The molecular formula is C23H19F2NO6S. The Hall–Kier alpha value is -3.50. The van der Waals surface area contributed by atoms with E-state index in [1.54, 1.807) is 48.5 Å². The number of primary sulfonamides is 1. The number of hydrogen-bond acceptors (Lipinski definition) is 6. The molecular weight excluding hydrogens is 456 g/mol. The average Bonchev–Trinajstić information content (AvgIpc) is 2.76. The van der Waals surface area contributed by atoms with Crippen LogP contribution in [-0.4, -0.2) is 28.1 Å². The van der Waals surface area contributed by atoms with E-state index in [1.807, 2.05) is 0 Å². The van der Waals surface area contributed by atoms with Gasteiger partial charge in [-0.2, -0.15) is 8.78 Å². The van der Waals surface area contributed by atoms with Crippen LogP contribution in [0.3, 0.4) is 0 Å². The molecule has 0 amide bonds. The van der Waals surface area contributed by atoms with Crippen molar-refractivity contribution in [1.29, 1.82) is 0 Å². The standard InChI is InChI=1S/C23H19F2NO6S/c1-30-22(27)15-8-6-14(7-9-15)21-17-11-13(12-33(26,28)29)5-10-16(17)20-18(31-21)3-2-4-19(20)32-23(24)25/h2-11,21,23H,12H2,1H3,(H2,26,28,29). The Balaban J connectivity index is 1.86. The second kappa shape index (κ2) is 8.80. The van der Waals surface area contributed by atoms with Crippen molar-refractivity contribution in [2.24, 2.45) is 5.14 Å². The molecule has 0 radical (unpaired) electrons. The number of methoxy groups -OCH3 is 1. The Bertz CT molecular complexity index is 1310. The van der Waals surface area contributed by atoms with Gasteiger partial charge in [0.15, 0.2) is 0 Å². The van der Waals surface area contributed by atoms with Crippen LogP contribution in [0.5, 0.6) is 11.5 Å². The predicted octanol–water partition coefficient (Wildman–Crippen LogP) is 4.01. The van der Waals surface area contributed by atoms with Gasteiger partial charge in [0.2, 0.25) is 10.0 Å². The number of nitrogens with two attached hydrogens (primary N) is 1. The van der Waals surface area contributed by atoms with Crippen LogP contribution < -0.4 is 14.6 Å². The summed E-state index contributed by atoms with van der Waals surface area (Å²) in [6, 6.07) is 15.9. The lowest BCUT2D eigenvalue weighted by Gasteiger charge is -2.30.